The summed E-state index contributed by atoms with van der Waals surface area (Å²) in [6.07, 6.45) is 0. The molecule has 2 nitrogen and oxygen atoms in total. The first kappa shape index (κ1) is 32.5. The summed E-state index contributed by atoms with van der Waals surface area (Å²) in [7, 11) is 0. The average molecular weight is 773 g/mol. The molecule has 0 bridgehead atoms. The van der Waals surface area contributed by atoms with Crippen LogP contribution < -0.4 is 15.8 Å². The Hall–Kier alpha value is -7.36. The molecule has 2 aliphatic heterocycles. The number of hydrogen-bond acceptors (Lipinski definition) is 1. The Kier molecular flexibility index (Phi) is 5.79. The summed E-state index contributed by atoms with van der Waals surface area (Å²) in [6.45, 7) is 6.91. The summed E-state index contributed by atoms with van der Waals surface area (Å²) < 4.78 is 2.73. The molecule has 0 spiro atoms. The van der Waals surface area contributed by atoms with E-state index in [0.29, 0.717) is 0 Å². The van der Waals surface area contributed by atoms with Crippen molar-refractivity contribution in [1.82, 2.24) is 4.48 Å². The molecule has 12 aromatic carbocycles. The number of nitrogens with zero attached hydrogens (tertiary/aromatic N) is 2. The second-order valence-corrected chi connectivity index (χ2v) is 18.8. The fourth-order valence-electron chi connectivity index (χ4n) is 12.1. The topological polar surface area (TPSA) is 8.17 Å². The molecule has 0 unspecified atom stereocenters. The molecule has 0 amide bonds. The average Bonchev–Trinajstić information content (AvgIpc) is 3.63. The van der Waals surface area contributed by atoms with Crippen molar-refractivity contribution in [3.05, 3.63) is 175 Å². The summed E-state index contributed by atoms with van der Waals surface area (Å²) in [6, 6.07) is 65.5. The molecule has 0 atom stereocenters. The highest BCUT2D eigenvalue weighted by molar-refractivity contribution is 6.92. The minimum Gasteiger partial charge on any atom is -0.375 e. The molecule has 0 N–H and O–H groups in total. The van der Waals surface area contributed by atoms with Crippen molar-refractivity contribution in [3.63, 3.8) is 0 Å². The van der Waals surface area contributed by atoms with Crippen molar-refractivity contribution in [2.24, 2.45) is 0 Å². The Balaban J connectivity index is 1.21. The first-order valence-electron chi connectivity index (χ1n) is 21.7. The second-order valence-electron chi connectivity index (χ2n) is 18.8. The van der Waals surface area contributed by atoms with Crippen LogP contribution >= 0.6 is 0 Å². The van der Waals surface area contributed by atoms with Crippen LogP contribution in [0.3, 0.4) is 0 Å². The van der Waals surface area contributed by atoms with Crippen molar-refractivity contribution in [2.75, 3.05) is 4.90 Å². The third-order valence-electron chi connectivity index (χ3n) is 14.7. The molecule has 13 aromatic rings. The fraction of sp³-hybridized carbons (Fsp3) is 0.0690. The Labute approximate surface area is 352 Å². The van der Waals surface area contributed by atoms with Crippen LogP contribution in [0.1, 0.15) is 26.3 Å². The number of rotatable bonds is 1. The van der Waals surface area contributed by atoms with E-state index in [2.05, 4.69) is 200 Å². The summed E-state index contributed by atoms with van der Waals surface area (Å²) >= 11 is 0. The van der Waals surface area contributed by atoms with Gasteiger partial charge < -0.3 is 9.38 Å². The number of fused-ring (bicyclic) bond motifs is 11. The number of anilines is 3. The van der Waals surface area contributed by atoms with Gasteiger partial charge in [-0.05, 0) is 116 Å². The van der Waals surface area contributed by atoms with E-state index in [1.54, 1.807) is 0 Å². The third-order valence-corrected chi connectivity index (χ3v) is 14.7. The number of benzene rings is 12. The van der Waals surface area contributed by atoms with E-state index in [4.69, 9.17) is 0 Å². The lowest BCUT2D eigenvalue weighted by Crippen LogP contribution is -2.57. The van der Waals surface area contributed by atoms with Crippen molar-refractivity contribution in [1.29, 1.82) is 0 Å². The maximum atomic E-state index is 2.73. The van der Waals surface area contributed by atoms with Gasteiger partial charge in [0.15, 0.2) is 0 Å². The monoisotopic (exact) mass is 772 g/mol. The van der Waals surface area contributed by atoms with Gasteiger partial charge in [0.1, 0.15) is 0 Å². The van der Waals surface area contributed by atoms with Crippen LogP contribution in [0.25, 0.3) is 108 Å². The van der Waals surface area contributed by atoms with Crippen LogP contribution in [0.15, 0.2) is 170 Å². The van der Waals surface area contributed by atoms with Crippen LogP contribution in [0, 0.1) is 0 Å². The van der Waals surface area contributed by atoms with Gasteiger partial charge in [0.2, 0.25) is 0 Å². The van der Waals surface area contributed by atoms with E-state index < -0.39 is 0 Å². The molecule has 282 valence electrons. The Morgan fingerprint density at radius 3 is 1.89 bits per heavy atom. The van der Waals surface area contributed by atoms with Crippen LogP contribution in [-0.2, 0) is 5.41 Å². The van der Waals surface area contributed by atoms with Gasteiger partial charge >= 0.3 is 6.85 Å². The van der Waals surface area contributed by atoms with Gasteiger partial charge in [0.25, 0.3) is 0 Å². The smallest absolute Gasteiger partial charge is 0.333 e. The number of hydrogen-bond donors (Lipinski definition) is 0. The molecule has 0 saturated carbocycles. The number of aromatic nitrogens is 1. The minimum atomic E-state index is -0.0759. The molecule has 0 radical (unpaired) electrons. The highest BCUT2D eigenvalue weighted by Gasteiger charge is 2.45. The van der Waals surface area contributed by atoms with Gasteiger partial charge in [-0.15, -0.1) is 0 Å². The third kappa shape index (κ3) is 3.92. The summed E-state index contributed by atoms with van der Waals surface area (Å²) in [4.78, 5) is 2.66. The lowest BCUT2D eigenvalue weighted by molar-refractivity contribution is 0.591. The summed E-state index contributed by atoms with van der Waals surface area (Å²) in [5.74, 6) is 0. The lowest BCUT2D eigenvalue weighted by Gasteiger charge is -2.42. The van der Waals surface area contributed by atoms with Gasteiger partial charge in [-0.3, -0.25) is 0 Å². The van der Waals surface area contributed by atoms with Crippen LogP contribution in [0.5, 0.6) is 0 Å². The highest BCUT2D eigenvalue weighted by atomic mass is 15.2. The Bertz CT molecular complexity index is 4070. The molecule has 0 saturated heterocycles. The molecule has 0 aliphatic carbocycles. The highest BCUT2D eigenvalue weighted by Crippen LogP contribution is 2.53. The minimum absolute atomic E-state index is 0.0338. The van der Waals surface area contributed by atoms with Crippen LogP contribution in [0.2, 0.25) is 0 Å². The summed E-state index contributed by atoms with van der Waals surface area (Å²) in [5, 5.41) is 21.0. The maximum absolute atomic E-state index is 2.73. The van der Waals surface area contributed by atoms with Gasteiger partial charge in [-0.2, -0.15) is 0 Å². The Morgan fingerprint density at radius 2 is 1.05 bits per heavy atom. The van der Waals surface area contributed by atoms with Crippen LogP contribution in [0.4, 0.5) is 17.1 Å². The van der Waals surface area contributed by atoms with E-state index >= 15 is 0 Å². The van der Waals surface area contributed by atoms with Crippen molar-refractivity contribution in [2.45, 2.75) is 26.2 Å². The van der Waals surface area contributed by atoms with E-state index in [1.807, 2.05) is 0 Å². The van der Waals surface area contributed by atoms with E-state index in [1.165, 1.54) is 142 Å². The zero-order valence-corrected chi connectivity index (χ0v) is 34.1. The van der Waals surface area contributed by atoms with Gasteiger partial charge in [0, 0.05) is 49.5 Å². The molecular formula is C58H37BN2. The molecule has 1 aromatic heterocycles. The SMILES string of the molecule is CC(C)(C)c1cc2ccc3c4c5c(c6ccc(c1)c2c36)N(c1ccc2ccccc2c1)c1cc2ccc3cccc6ccc(c1B5n1c5ccccc5c5cccc-4c51)c2c36. The second kappa shape index (κ2) is 10.9. The molecule has 0 fully saturated rings. The maximum Gasteiger partial charge on any atom is 0.333 e. The van der Waals surface area contributed by atoms with Gasteiger partial charge in [-0.25, -0.2) is 0 Å². The quantitative estimate of drug-likeness (QED) is 0.119. The predicted octanol–water partition coefficient (Wildman–Crippen LogP) is 14.5. The molecule has 3 heteroatoms. The first-order chi connectivity index (χ1) is 29.9. The molecule has 3 heterocycles. The fourth-order valence-corrected chi connectivity index (χ4v) is 12.1. The molecule has 15 rings (SSSR count). The van der Waals surface area contributed by atoms with Crippen molar-refractivity contribution in [3.8, 4) is 11.1 Å². The van der Waals surface area contributed by atoms with Crippen molar-refractivity contribution < 1.29 is 0 Å². The largest absolute Gasteiger partial charge is 0.375 e. The lowest BCUT2D eigenvalue weighted by atomic mass is 9.43. The van der Waals surface area contributed by atoms with Crippen LogP contribution in [-0.4, -0.2) is 11.3 Å². The standard InChI is InChI=1S/C58H37BN2/c1-58(2,3)39-28-36-22-25-43-52-46(27-23-37(29-39)50(36)52)57-55-53(43)45-16-9-15-42-41-14-6-7-17-47(41)61(56(42)45)59(55)54-44-26-21-34-13-8-12-33-18-19-38(51(44)49(33)34)31-48(54)60(57)40-24-20-32-10-4-5-11-35(32)30-40/h4-31H,1-3H3. The summed E-state index contributed by atoms with van der Waals surface area (Å²) in [5.41, 5.74) is 13.2. The zero-order chi connectivity index (χ0) is 40.0. The predicted molar refractivity (Wildman–Crippen MR) is 264 cm³/mol. The van der Waals surface area contributed by atoms with E-state index in [-0.39, 0.29) is 12.3 Å². The van der Waals surface area contributed by atoms with Gasteiger partial charge in [0.05, 0.1) is 5.69 Å². The zero-order valence-electron chi connectivity index (χ0n) is 34.1. The van der Waals surface area contributed by atoms with Gasteiger partial charge in [-0.1, -0.05) is 166 Å². The first-order valence-corrected chi connectivity index (χ1v) is 21.7. The molecular weight excluding hydrogens is 735 g/mol. The molecule has 61 heavy (non-hydrogen) atoms. The van der Waals surface area contributed by atoms with E-state index in [0.717, 1.165) is 0 Å². The number of para-hydroxylation sites is 2. The normalized spacial score (nSPS) is 13.8. The molecule has 2 aliphatic rings. The van der Waals surface area contributed by atoms with E-state index in [9.17, 15) is 0 Å². The Morgan fingerprint density at radius 1 is 0.426 bits per heavy atom. The van der Waals surface area contributed by atoms with Crippen molar-refractivity contribution >= 4 is 132 Å².